The van der Waals surface area contributed by atoms with Gasteiger partial charge < -0.3 is 10.6 Å². The Hall–Kier alpha value is -2.70. The van der Waals surface area contributed by atoms with Crippen molar-refractivity contribution >= 4 is 11.8 Å². The molecule has 0 radical (unpaired) electrons. The summed E-state index contributed by atoms with van der Waals surface area (Å²) in [7, 11) is 0. The molecule has 0 spiro atoms. The smallest absolute Gasteiger partial charge is 0.269 e. The first-order valence-corrected chi connectivity index (χ1v) is 7.65. The fourth-order valence-electron chi connectivity index (χ4n) is 2.90. The van der Waals surface area contributed by atoms with Gasteiger partial charge >= 0.3 is 0 Å². The number of nitrogens with one attached hydrogen (secondary N) is 1. The number of hydrogen-bond donors (Lipinski definition) is 2. The Balaban J connectivity index is 1.55. The maximum absolute atomic E-state index is 12.3. The second-order valence-electron chi connectivity index (χ2n) is 5.77. The van der Waals surface area contributed by atoms with E-state index < -0.39 is 5.91 Å². The number of hydrogen-bond acceptors (Lipinski definition) is 4. The first kappa shape index (κ1) is 15.2. The summed E-state index contributed by atoms with van der Waals surface area (Å²) in [5, 5.41) is 6.79. The second-order valence-corrected chi connectivity index (χ2v) is 5.77. The number of aromatic nitrogens is 3. The highest BCUT2D eigenvalue weighted by molar-refractivity contribution is 5.90. The van der Waals surface area contributed by atoms with E-state index in [2.05, 4.69) is 15.2 Å². The van der Waals surface area contributed by atoms with Crippen LogP contribution in [0.2, 0.25) is 0 Å². The molecule has 3 rings (SSSR count). The number of aromatic amines is 1. The number of pyridine rings is 1. The average molecular weight is 313 g/mol. The van der Waals surface area contributed by atoms with Crippen LogP contribution in [-0.4, -0.2) is 45.0 Å². The van der Waals surface area contributed by atoms with Gasteiger partial charge in [0.15, 0.2) is 0 Å². The molecule has 0 bridgehead atoms. The molecule has 1 aliphatic heterocycles. The SMILES string of the molecule is NC(=O)c1cc(C2CCN(C(=O)Cc3cccnc3)CC2)[nH]n1. The molecule has 3 N–H and O–H groups in total. The van der Waals surface area contributed by atoms with Gasteiger partial charge in [-0.2, -0.15) is 5.10 Å². The lowest BCUT2D eigenvalue weighted by molar-refractivity contribution is -0.131. The van der Waals surface area contributed by atoms with E-state index >= 15 is 0 Å². The third-order valence-electron chi connectivity index (χ3n) is 4.22. The van der Waals surface area contributed by atoms with Gasteiger partial charge in [-0.1, -0.05) is 6.07 Å². The van der Waals surface area contributed by atoms with Crippen molar-refractivity contribution in [2.24, 2.45) is 5.73 Å². The molecule has 0 saturated carbocycles. The van der Waals surface area contributed by atoms with Crippen LogP contribution in [0, 0.1) is 0 Å². The average Bonchev–Trinajstić information content (AvgIpc) is 3.06. The van der Waals surface area contributed by atoms with Gasteiger partial charge in [-0.25, -0.2) is 0 Å². The molecule has 0 atom stereocenters. The third-order valence-corrected chi connectivity index (χ3v) is 4.22. The minimum absolute atomic E-state index is 0.124. The summed E-state index contributed by atoms with van der Waals surface area (Å²) < 4.78 is 0. The number of nitrogens with zero attached hydrogens (tertiary/aromatic N) is 3. The zero-order valence-corrected chi connectivity index (χ0v) is 12.7. The fraction of sp³-hybridized carbons (Fsp3) is 0.375. The minimum Gasteiger partial charge on any atom is -0.364 e. The number of likely N-dealkylation sites (tertiary alicyclic amines) is 1. The fourth-order valence-corrected chi connectivity index (χ4v) is 2.90. The number of piperidine rings is 1. The van der Waals surface area contributed by atoms with Gasteiger partial charge in [-0.3, -0.25) is 19.7 Å². The molecular formula is C16H19N5O2. The van der Waals surface area contributed by atoms with Crippen molar-refractivity contribution in [1.82, 2.24) is 20.1 Å². The Morgan fingerprint density at radius 2 is 2.13 bits per heavy atom. The highest BCUT2D eigenvalue weighted by atomic mass is 16.2. The van der Waals surface area contributed by atoms with Crippen LogP contribution in [-0.2, 0) is 11.2 Å². The summed E-state index contributed by atoms with van der Waals surface area (Å²) in [6.45, 7) is 1.41. The molecule has 0 aliphatic carbocycles. The number of H-pyrrole nitrogens is 1. The first-order chi connectivity index (χ1) is 11.1. The number of carbonyl (C=O) groups excluding carboxylic acids is 2. The summed E-state index contributed by atoms with van der Waals surface area (Å²) in [6, 6.07) is 5.46. The quantitative estimate of drug-likeness (QED) is 0.873. The van der Waals surface area contributed by atoms with Crippen molar-refractivity contribution in [2.45, 2.75) is 25.2 Å². The van der Waals surface area contributed by atoms with E-state index in [1.165, 1.54) is 0 Å². The Labute approximate surface area is 133 Å². The molecule has 0 unspecified atom stereocenters. The molecule has 2 aromatic rings. The van der Waals surface area contributed by atoms with Gasteiger partial charge in [0, 0.05) is 37.1 Å². The first-order valence-electron chi connectivity index (χ1n) is 7.65. The van der Waals surface area contributed by atoms with Gasteiger partial charge in [-0.05, 0) is 30.5 Å². The Bertz CT molecular complexity index is 690. The molecule has 23 heavy (non-hydrogen) atoms. The predicted octanol–water partition coefficient (Wildman–Crippen LogP) is 0.852. The van der Waals surface area contributed by atoms with Crippen molar-refractivity contribution < 1.29 is 9.59 Å². The van der Waals surface area contributed by atoms with E-state index in [9.17, 15) is 9.59 Å². The van der Waals surface area contributed by atoms with Crippen molar-refractivity contribution in [1.29, 1.82) is 0 Å². The van der Waals surface area contributed by atoms with E-state index in [1.54, 1.807) is 18.5 Å². The molecule has 7 heteroatoms. The minimum atomic E-state index is -0.531. The standard InChI is InChI=1S/C16H19N5O2/c17-16(23)14-9-13(19-20-14)12-3-6-21(7-4-12)15(22)8-11-2-1-5-18-10-11/h1-2,5,9-10,12H,3-4,6-8H2,(H2,17,23)(H,19,20). The Morgan fingerprint density at radius 1 is 1.35 bits per heavy atom. The van der Waals surface area contributed by atoms with Crippen LogP contribution in [0.4, 0.5) is 0 Å². The topological polar surface area (TPSA) is 105 Å². The molecule has 0 aromatic carbocycles. The van der Waals surface area contributed by atoms with Gasteiger partial charge in [-0.15, -0.1) is 0 Å². The number of primary amides is 1. The maximum Gasteiger partial charge on any atom is 0.269 e. The van der Waals surface area contributed by atoms with Crippen LogP contribution < -0.4 is 5.73 Å². The lowest BCUT2D eigenvalue weighted by Gasteiger charge is -2.31. The summed E-state index contributed by atoms with van der Waals surface area (Å²) in [5.41, 5.74) is 7.32. The normalized spacial score (nSPS) is 15.6. The number of rotatable bonds is 4. The monoisotopic (exact) mass is 313 g/mol. The van der Waals surface area contributed by atoms with Gasteiger partial charge in [0.05, 0.1) is 6.42 Å². The molecular weight excluding hydrogens is 294 g/mol. The van der Waals surface area contributed by atoms with Crippen molar-refractivity contribution in [2.75, 3.05) is 13.1 Å². The third kappa shape index (κ3) is 3.56. The Morgan fingerprint density at radius 3 is 2.74 bits per heavy atom. The van der Waals surface area contributed by atoms with E-state index in [-0.39, 0.29) is 17.5 Å². The highest BCUT2D eigenvalue weighted by Gasteiger charge is 2.25. The molecule has 120 valence electrons. The van der Waals surface area contributed by atoms with Gasteiger partial charge in [0.1, 0.15) is 5.69 Å². The summed E-state index contributed by atoms with van der Waals surface area (Å²) >= 11 is 0. The molecule has 1 fully saturated rings. The molecule has 1 saturated heterocycles. The lowest BCUT2D eigenvalue weighted by Crippen LogP contribution is -2.38. The van der Waals surface area contributed by atoms with Crippen LogP contribution in [0.15, 0.2) is 30.6 Å². The predicted molar refractivity (Wildman–Crippen MR) is 83.6 cm³/mol. The van der Waals surface area contributed by atoms with Crippen LogP contribution in [0.1, 0.15) is 40.5 Å². The van der Waals surface area contributed by atoms with Crippen LogP contribution >= 0.6 is 0 Å². The second kappa shape index (κ2) is 6.60. The zero-order chi connectivity index (χ0) is 16.2. The van der Waals surface area contributed by atoms with Crippen molar-refractivity contribution in [3.8, 4) is 0 Å². The summed E-state index contributed by atoms with van der Waals surface area (Å²) in [6.07, 6.45) is 5.50. The molecule has 7 nitrogen and oxygen atoms in total. The van der Waals surface area contributed by atoms with Crippen LogP contribution in [0.3, 0.4) is 0 Å². The van der Waals surface area contributed by atoms with E-state index in [4.69, 9.17) is 5.73 Å². The van der Waals surface area contributed by atoms with Gasteiger partial charge in [0.2, 0.25) is 5.91 Å². The number of nitrogens with two attached hydrogens (primary N) is 1. The van der Waals surface area contributed by atoms with Crippen LogP contribution in [0.25, 0.3) is 0 Å². The van der Waals surface area contributed by atoms with Crippen molar-refractivity contribution in [3.05, 3.63) is 47.5 Å². The number of amides is 2. The number of carbonyl (C=O) groups is 2. The van der Waals surface area contributed by atoms with E-state index in [0.717, 1.165) is 24.1 Å². The molecule has 2 aromatic heterocycles. The highest BCUT2D eigenvalue weighted by Crippen LogP contribution is 2.27. The summed E-state index contributed by atoms with van der Waals surface area (Å²) in [4.78, 5) is 29.3. The maximum atomic E-state index is 12.3. The van der Waals surface area contributed by atoms with Crippen LogP contribution in [0.5, 0.6) is 0 Å². The van der Waals surface area contributed by atoms with E-state index in [1.807, 2.05) is 17.0 Å². The lowest BCUT2D eigenvalue weighted by atomic mass is 9.93. The van der Waals surface area contributed by atoms with Crippen molar-refractivity contribution in [3.63, 3.8) is 0 Å². The van der Waals surface area contributed by atoms with Gasteiger partial charge in [0.25, 0.3) is 5.91 Å². The largest absolute Gasteiger partial charge is 0.364 e. The Kier molecular flexibility index (Phi) is 4.36. The zero-order valence-electron chi connectivity index (χ0n) is 12.7. The molecule has 1 aliphatic rings. The summed E-state index contributed by atoms with van der Waals surface area (Å²) in [5.74, 6) is -0.131. The molecule has 2 amide bonds. The molecule has 3 heterocycles. The van der Waals surface area contributed by atoms with E-state index in [0.29, 0.717) is 19.5 Å².